The predicted molar refractivity (Wildman–Crippen MR) is 65.1 cm³/mol. The highest BCUT2D eigenvalue weighted by Crippen LogP contribution is 2.39. The van der Waals surface area contributed by atoms with Crippen molar-refractivity contribution in [3.63, 3.8) is 0 Å². The average molecular weight is 302 g/mol. The minimum atomic E-state index is -0.467. The molecule has 5 heteroatoms. The van der Waals surface area contributed by atoms with Gasteiger partial charge < -0.3 is 10.1 Å². The molecule has 17 heavy (non-hydrogen) atoms. The Morgan fingerprint density at radius 2 is 2.24 bits per heavy atom. The van der Waals surface area contributed by atoms with Crippen molar-refractivity contribution in [2.45, 2.75) is 19.9 Å². The molecule has 1 amide bonds. The number of hydrogen-bond donors (Lipinski definition) is 1. The molecule has 3 nitrogen and oxygen atoms in total. The highest BCUT2D eigenvalue weighted by atomic mass is 79.9. The molecular formula is C12H13BrFNO2. The molecule has 0 spiro atoms. The largest absolute Gasteiger partial charge is 0.449 e. The third-order valence-electron chi connectivity index (χ3n) is 2.91. The number of ether oxygens (including phenoxy) is 1. The van der Waals surface area contributed by atoms with Gasteiger partial charge in [-0.15, -0.1) is 0 Å². The van der Waals surface area contributed by atoms with E-state index in [9.17, 15) is 9.18 Å². The normalized spacial score (nSPS) is 22.8. The van der Waals surface area contributed by atoms with E-state index < -0.39 is 6.09 Å². The number of benzene rings is 1. The Labute approximate surface area is 107 Å². The Bertz CT molecular complexity index is 462. The molecule has 0 radical (unpaired) electrons. The molecule has 1 aliphatic rings. The lowest BCUT2D eigenvalue weighted by Crippen LogP contribution is -2.47. The molecule has 1 saturated heterocycles. The summed E-state index contributed by atoms with van der Waals surface area (Å²) in [6.45, 7) is 4.25. The van der Waals surface area contributed by atoms with Crippen LogP contribution in [0.3, 0.4) is 0 Å². The number of amides is 1. The summed E-state index contributed by atoms with van der Waals surface area (Å²) in [6, 6.07) is 4.54. The summed E-state index contributed by atoms with van der Waals surface area (Å²) in [5.41, 5.74) is 0.441. The van der Waals surface area contributed by atoms with Crippen molar-refractivity contribution in [1.29, 1.82) is 0 Å². The second-order valence-corrected chi connectivity index (χ2v) is 5.58. The summed E-state index contributed by atoms with van der Waals surface area (Å²) in [5.74, 6) is -0.334. The Morgan fingerprint density at radius 3 is 2.94 bits per heavy atom. The quantitative estimate of drug-likeness (QED) is 0.863. The van der Waals surface area contributed by atoms with Crippen LogP contribution in [0.25, 0.3) is 0 Å². The number of nitrogens with one attached hydrogen (secondary N) is 1. The maximum atomic E-state index is 13.5. The van der Waals surface area contributed by atoms with Gasteiger partial charge in [0.25, 0.3) is 0 Å². The molecule has 92 valence electrons. The Morgan fingerprint density at radius 1 is 1.53 bits per heavy atom. The summed E-state index contributed by atoms with van der Waals surface area (Å²) in [4.78, 5) is 11.3. The van der Waals surface area contributed by atoms with E-state index in [1.165, 1.54) is 6.07 Å². The first-order valence-electron chi connectivity index (χ1n) is 5.29. The van der Waals surface area contributed by atoms with E-state index in [1.807, 2.05) is 13.8 Å². The van der Waals surface area contributed by atoms with Gasteiger partial charge >= 0.3 is 6.09 Å². The maximum Gasteiger partial charge on any atom is 0.407 e. The molecule has 1 N–H and O–H groups in total. The average Bonchev–Trinajstić information content (AvgIpc) is 2.26. The topological polar surface area (TPSA) is 38.3 Å². The van der Waals surface area contributed by atoms with E-state index >= 15 is 0 Å². The SMILES string of the molecule is CC1(C)COC(=O)N[C@H]1c1cccc(F)c1Br. The van der Waals surface area contributed by atoms with Gasteiger partial charge in [-0.1, -0.05) is 26.0 Å². The van der Waals surface area contributed by atoms with E-state index in [1.54, 1.807) is 12.1 Å². The van der Waals surface area contributed by atoms with Gasteiger partial charge in [0, 0.05) is 5.41 Å². The first kappa shape index (κ1) is 12.4. The van der Waals surface area contributed by atoms with Crippen LogP contribution in [0, 0.1) is 11.2 Å². The third-order valence-corrected chi connectivity index (χ3v) is 3.75. The van der Waals surface area contributed by atoms with Crippen LogP contribution in [0.2, 0.25) is 0 Å². The van der Waals surface area contributed by atoms with Gasteiger partial charge in [0.1, 0.15) is 12.4 Å². The molecule has 2 rings (SSSR count). The fourth-order valence-electron chi connectivity index (χ4n) is 1.93. The van der Waals surface area contributed by atoms with Crippen molar-refractivity contribution < 1.29 is 13.9 Å². The van der Waals surface area contributed by atoms with Crippen molar-refractivity contribution in [3.05, 3.63) is 34.1 Å². The van der Waals surface area contributed by atoms with Crippen LogP contribution < -0.4 is 5.32 Å². The number of hydrogen-bond acceptors (Lipinski definition) is 2. The van der Waals surface area contributed by atoms with Gasteiger partial charge in [0.05, 0.1) is 10.5 Å². The van der Waals surface area contributed by atoms with Gasteiger partial charge in [0.2, 0.25) is 0 Å². The number of cyclic esters (lactones) is 1. The van der Waals surface area contributed by atoms with Crippen molar-refractivity contribution in [2.75, 3.05) is 6.61 Å². The van der Waals surface area contributed by atoms with Gasteiger partial charge in [-0.25, -0.2) is 9.18 Å². The molecule has 0 bridgehead atoms. The highest BCUT2D eigenvalue weighted by molar-refractivity contribution is 9.10. The number of rotatable bonds is 1. The lowest BCUT2D eigenvalue weighted by atomic mass is 9.80. The van der Waals surface area contributed by atoms with Crippen LogP contribution in [0.15, 0.2) is 22.7 Å². The molecule has 1 heterocycles. The molecule has 1 atom stereocenters. The second-order valence-electron chi connectivity index (χ2n) is 4.79. The molecule has 0 aromatic heterocycles. The summed E-state index contributed by atoms with van der Waals surface area (Å²) in [7, 11) is 0. The third kappa shape index (κ3) is 2.29. The molecule has 0 aliphatic carbocycles. The van der Waals surface area contributed by atoms with Crippen LogP contribution >= 0.6 is 15.9 Å². The maximum absolute atomic E-state index is 13.5. The minimum absolute atomic E-state index is 0.270. The first-order chi connectivity index (χ1) is 7.92. The molecular weight excluding hydrogens is 289 g/mol. The molecule has 0 saturated carbocycles. The van der Waals surface area contributed by atoms with Gasteiger partial charge in [-0.2, -0.15) is 0 Å². The monoisotopic (exact) mass is 301 g/mol. The zero-order valence-electron chi connectivity index (χ0n) is 9.59. The minimum Gasteiger partial charge on any atom is -0.449 e. The summed E-state index contributed by atoms with van der Waals surface area (Å²) >= 11 is 3.22. The zero-order chi connectivity index (χ0) is 12.6. The van der Waals surface area contributed by atoms with Crippen LogP contribution in [0.4, 0.5) is 9.18 Å². The van der Waals surface area contributed by atoms with E-state index in [4.69, 9.17) is 4.74 Å². The lowest BCUT2D eigenvalue weighted by molar-refractivity contribution is 0.0384. The fraction of sp³-hybridized carbons (Fsp3) is 0.417. The molecule has 1 fully saturated rings. The standard InChI is InChI=1S/C12H13BrFNO2/c1-12(2)6-17-11(16)15-10(12)7-4-3-5-8(14)9(7)13/h3-5,10H,6H2,1-2H3,(H,15,16)/t10-/m0/s1. The summed E-state index contributed by atoms with van der Waals surface area (Å²) in [6.07, 6.45) is -0.467. The molecule has 1 aromatic carbocycles. The number of alkyl carbamates (subject to hydrolysis) is 1. The molecule has 0 unspecified atom stereocenters. The van der Waals surface area contributed by atoms with E-state index in [0.29, 0.717) is 11.1 Å². The van der Waals surface area contributed by atoms with E-state index in [0.717, 1.165) is 5.56 Å². The van der Waals surface area contributed by atoms with Gasteiger partial charge in [-0.05, 0) is 27.6 Å². The van der Waals surface area contributed by atoms with Crippen molar-refractivity contribution in [2.24, 2.45) is 5.41 Å². The fourth-order valence-corrected chi connectivity index (χ4v) is 2.43. The Kier molecular flexibility index (Phi) is 3.12. The van der Waals surface area contributed by atoms with Crippen molar-refractivity contribution >= 4 is 22.0 Å². The molecule has 1 aromatic rings. The smallest absolute Gasteiger partial charge is 0.407 e. The van der Waals surface area contributed by atoms with Crippen LogP contribution in [0.5, 0.6) is 0 Å². The number of carbonyl (C=O) groups is 1. The Balaban J connectivity index is 2.43. The summed E-state index contributed by atoms with van der Waals surface area (Å²) < 4.78 is 18.8. The van der Waals surface area contributed by atoms with Gasteiger partial charge in [0.15, 0.2) is 0 Å². The lowest BCUT2D eigenvalue weighted by Gasteiger charge is -2.38. The van der Waals surface area contributed by atoms with Crippen LogP contribution in [0.1, 0.15) is 25.5 Å². The Hall–Kier alpha value is -1.10. The predicted octanol–water partition coefficient (Wildman–Crippen LogP) is 3.40. The second kappa shape index (κ2) is 4.29. The van der Waals surface area contributed by atoms with Crippen LogP contribution in [-0.4, -0.2) is 12.7 Å². The molecule has 1 aliphatic heterocycles. The highest BCUT2D eigenvalue weighted by Gasteiger charge is 2.39. The van der Waals surface area contributed by atoms with E-state index in [-0.39, 0.29) is 17.3 Å². The van der Waals surface area contributed by atoms with Crippen molar-refractivity contribution in [1.82, 2.24) is 5.32 Å². The van der Waals surface area contributed by atoms with Gasteiger partial charge in [-0.3, -0.25) is 0 Å². The van der Waals surface area contributed by atoms with Crippen LogP contribution in [-0.2, 0) is 4.74 Å². The first-order valence-corrected chi connectivity index (χ1v) is 6.08. The summed E-state index contributed by atoms with van der Waals surface area (Å²) in [5, 5.41) is 2.73. The van der Waals surface area contributed by atoms with E-state index in [2.05, 4.69) is 21.2 Å². The van der Waals surface area contributed by atoms with Crippen molar-refractivity contribution in [3.8, 4) is 0 Å². The number of halogens is 2. The zero-order valence-corrected chi connectivity index (χ0v) is 11.2. The number of carbonyl (C=O) groups excluding carboxylic acids is 1.